The van der Waals surface area contributed by atoms with E-state index in [4.69, 9.17) is 9.47 Å². The number of thiophene rings is 1. The smallest absolute Gasteiger partial charge is 0.219 e. The highest BCUT2D eigenvalue weighted by Crippen LogP contribution is 2.37. The number of ether oxygens (including phenoxy) is 2. The Morgan fingerprint density at radius 1 is 1.24 bits per heavy atom. The van der Waals surface area contributed by atoms with E-state index < -0.39 is 15.1 Å². The quantitative estimate of drug-likeness (QED) is 0.832. The van der Waals surface area contributed by atoms with Crippen molar-refractivity contribution in [1.29, 1.82) is 0 Å². The molecule has 134 valence electrons. The molecule has 0 bridgehead atoms. The third-order valence-corrected chi connectivity index (χ3v) is 7.10. The topological polar surface area (TPSA) is 81.7 Å². The average Bonchev–Trinajstić information content (AvgIpc) is 3.15. The summed E-state index contributed by atoms with van der Waals surface area (Å²) in [4.78, 5) is 12.4. The zero-order valence-electron chi connectivity index (χ0n) is 13.7. The van der Waals surface area contributed by atoms with Crippen LogP contribution in [0, 0.1) is 0 Å². The highest BCUT2D eigenvalue weighted by molar-refractivity contribution is 7.91. The Kier molecular flexibility index (Phi) is 5.29. The first kappa shape index (κ1) is 17.8. The second-order valence-corrected chi connectivity index (χ2v) is 8.62. The number of benzene rings is 1. The molecule has 25 heavy (non-hydrogen) atoms. The van der Waals surface area contributed by atoms with Crippen LogP contribution < -0.4 is 14.8 Å². The Balaban J connectivity index is 1.94. The molecule has 0 unspecified atom stereocenters. The molecule has 0 fully saturated rings. The van der Waals surface area contributed by atoms with Crippen LogP contribution in [0.25, 0.3) is 0 Å². The van der Waals surface area contributed by atoms with E-state index >= 15 is 0 Å². The first-order valence-corrected chi connectivity index (χ1v) is 10.4. The maximum atomic E-state index is 13.2. The Morgan fingerprint density at radius 3 is 2.68 bits per heavy atom. The van der Waals surface area contributed by atoms with Gasteiger partial charge in [0.1, 0.15) is 18.5 Å². The number of hydrogen-bond acceptors (Lipinski definition) is 6. The Morgan fingerprint density at radius 2 is 2.00 bits per heavy atom. The van der Waals surface area contributed by atoms with Crippen LogP contribution in [0.15, 0.2) is 40.6 Å². The third-order valence-electron chi connectivity index (χ3n) is 3.88. The van der Waals surface area contributed by atoms with Gasteiger partial charge in [0.25, 0.3) is 0 Å². The first-order valence-electron chi connectivity index (χ1n) is 7.96. The van der Waals surface area contributed by atoms with Gasteiger partial charge in [-0.2, -0.15) is 0 Å². The lowest BCUT2D eigenvalue weighted by molar-refractivity contribution is -0.120. The molecule has 1 aliphatic heterocycles. The molecule has 0 spiro atoms. The molecule has 1 aromatic heterocycles. The van der Waals surface area contributed by atoms with Gasteiger partial charge < -0.3 is 14.8 Å². The number of fused-ring (bicyclic) bond motifs is 1. The van der Waals surface area contributed by atoms with Crippen molar-refractivity contribution in [1.82, 2.24) is 5.32 Å². The number of amides is 1. The molecule has 0 radical (unpaired) electrons. The van der Waals surface area contributed by atoms with E-state index in [1.54, 1.807) is 25.1 Å². The highest BCUT2D eigenvalue weighted by atomic mass is 32.2. The van der Waals surface area contributed by atoms with Gasteiger partial charge in [0.2, 0.25) is 5.91 Å². The third kappa shape index (κ3) is 3.80. The zero-order valence-corrected chi connectivity index (χ0v) is 15.4. The van der Waals surface area contributed by atoms with Crippen LogP contribution >= 0.6 is 11.3 Å². The van der Waals surface area contributed by atoms with Gasteiger partial charge in [-0.1, -0.05) is 13.0 Å². The maximum Gasteiger partial charge on any atom is 0.219 e. The van der Waals surface area contributed by atoms with Crippen LogP contribution in [-0.2, 0) is 14.6 Å². The molecule has 3 rings (SSSR count). The minimum Gasteiger partial charge on any atom is -0.486 e. The molecule has 2 heterocycles. The summed E-state index contributed by atoms with van der Waals surface area (Å²) < 4.78 is 37.3. The molecule has 0 saturated heterocycles. The number of carbonyl (C=O) groups is 1. The fraction of sp³-hybridized carbons (Fsp3) is 0.353. The highest BCUT2D eigenvalue weighted by Gasteiger charge is 2.31. The normalized spacial score (nSPS) is 14.8. The van der Waals surface area contributed by atoms with Crippen molar-refractivity contribution in [2.45, 2.75) is 23.5 Å². The predicted molar refractivity (Wildman–Crippen MR) is 95.0 cm³/mol. The predicted octanol–water partition coefficient (Wildman–Crippen LogP) is 2.56. The fourth-order valence-corrected chi connectivity index (χ4v) is 5.33. The molecule has 1 N–H and O–H groups in total. The van der Waals surface area contributed by atoms with Crippen molar-refractivity contribution in [3.05, 3.63) is 40.6 Å². The monoisotopic (exact) mass is 381 g/mol. The van der Waals surface area contributed by atoms with Crippen molar-refractivity contribution >= 4 is 27.1 Å². The number of rotatable bonds is 6. The molecule has 1 aromatic carbocycles. The van der Waals surface area contributed by atoms with Crippen LogP contribution in [0.5, 0.6) is 11.5 Å². The van der Waals surface area contributed by atoms with Crippen LogP contribution in [0.3, 0.4) is 0 Å². The number of carbonyl (C=O) groups excluding carboxylic acids is 1. The zero-order chi connectivity index (χ0) is 17.9. The standard InChI is InChI=1S/C17H19NO5S2/c1-2-17(19)18-11-16(15-4-3-9-24-15)25(20,21)12-5-6-13-14(10-12)23-8-7-22-13/h3-6,9-10,16H,2,7-8,11H2,1H3,(H,18,19)/t16-/m0/s1. The minimum atomic E-state index is -3.70. The lowest BCUT2D eigenvalue weighted by atomic mass is 10.3. The Hall–Kier alpha value is -2.06. The molecule has 1 atom stereocenters. The minimum absolute atomic E-state index is 0.0317. The van der Waals surface area contributed by atoms with Gasteiger partial charge in [-0.3, -0.25) is 4.79 Å². The van der Waals surface area contributed by atoms with Gasteiger partial charge in [0.15, 0.2) is 21.3 Å². The maximum absolute atomic E-state index is 13.2. The molecule has 0 saturated carbocycles. The van der Waals surface area contributed by atoms with Gasteiger partial charge in [0, 0.05) is 23.9 Å². The lowest BCUT2D eigenvalue weighted by Crippen LogP contribution is -2.31. The molecule has 8 heteroatoms. The van der Waals surface area contributed by atoms with Crippen LogP contribution in [-0.4, -0.2) is 34.1 Å². The van der Waals surface area contributed by atoms with E-state index in [0.717, 1.165) is 0 Å². The molecular weight excluding hydrogens is 362 g/mol. The molecule has 2 aromatic rings. The van der Waals surface area contributed by atoms with Gasteiger partial charge in [-0.05, 0) is 23.6 Å². The van der Waals surface area contributed by atoms with Crippen LogP contribution in [0.1, 0.15) is 23.5 Å². The number of hydrogen-bond donors (Lipinski definition) is 1. The van der Waals surface area contributed by atoms with Crippen molar-refractivity contribution < 1.29 is 22.7 Å². The van der Waals surface area contributed by atoms with E-state index in [2.05, 4.69) is 5.32 Å². The van der Waals surface area contributed by atoms with Gasteiger partial charge in [-0.15, -0.1) is 11.3 Å². The SMILES string of the molecule is CCC(=O)NC[C@@H](c1cccs1)S(=O)(=O)c1ccc2c(c1)OCCO2. The summed E-state index contributed by atoms with van der Waals surface area (Å²) in [7, 11) is -3.70. The van der Waals surface area contributed by atoms with E-state index in [1.807, 2.05) is 5.38 Å². The molecule has 0 aliphatic carbocycles. The fourth-order valence-electron chi connectivity index (χ4n) is 2.53. The van der Waals surface area contributed by atoms with Gasteiger partial charge in [0.05, 0.1) is 4.90 Å². The summed E-state index contributed by atoms with van der Waals surface area (Å²) in [5.74, 6) is 0.783. The van der Waals surface area contributed by atoms with Crippen LogP contribution in [0.2, 0.25) is 0 Å². The van der Waals surface area contributed by atoms with Crippen molar-refractivity contribution in [3.8, 4) is 11.5 Å². The van der Waals surface area contributed by atoms with Gasteiger partial charge in [-0.25, -0.2) is 8.42 Å². The van der Waals surface area contributed by atoms with E-state index in [0.29, 0.717) is 36.0 Å². The summed E-state index contributed by atoms with van der Waals surface area (Å²) in [6.45, 7) is 2.59. The summed E-state index contributed by atoms with van der Waals surface area (Å²) >= 11 is 1.35. The molecular formula is C17H19NO5S2. The summed E-state index contributed by atoms with van der Waals surface area (Å²) in [6, 6.07) is 8.19. The van der Waals surface area contributed by atoms with E-state index in [9.17, 15) is 13.2 Å². The lowest BCUT2D eigenvalue weighted by Gasteiger charge is -2.21. The second kappa shape index (κ2) is 7.45. The second-order valence-electron chi connectivity index (χ2n) is 5.51. The van der Waals surface area contributed by atoms with Gasteiger partial charge >= 0.3 is 0 Å². The molecule has 1 amide bonds. The largest absolute Gasteiger partial charge is 0.486 e. The summed E-state index contributed by atoms with van der Waals surface area (Å²) in [5, 5.41) is 3.67. The Bertz CT molecular complexity index is 846. The molecule has 1 aliphatic rings. The summed E-state index contributed by atoms with van der Waals surface area (Å²) in [6.07, 6.45) is 0.307. The average molecular weight is 381 g/mol. The van der Waals surface area contributed by atoms with Crippen molar-refractivity contribution in [2.75, 3.05) is 19.8 Å². The van der Waals surface area contributed by atoms with E-state index in [-0.39, 0.29) is 17.3 Å². The van der Waals surface area contributed by atoms with E-state index in [1.165, 1.54) is 23.5 Å². The summed E-state index contributed by atoms with van der Waals surface area (Å²) in [5.41, 5.74) is 0. The van der Waals surface area contributed by atoms with Crippen molar-refractivity contribution in [3.63, 3.8) is 0 Å². The van der Waals surface area contributed by atoms with Crippen LogP contribution in [0.4, 0.5) is 0 Å². The number of nitrogens with one attached hydrogen (secondary N) is 1. The molecule has 6 nitrogen and oxygen atoms in total. The Labute approximate surface area is 150 Å². The number of sulfone groups is 1. The van der Waals surface area contributed by atoms with Crippen molar-refractivity contribution in [2.24, 2.45) is 0 Å². The first-order chi connectivity index (χ1) is 12.0.